The first-order valence-corrected chi connectivity index (χ1v) is 27.7. The van der Waals surface area contributed by atoms with Crippen molar-refractivity contribution in [2.75, 3.05) is 65.8 Å². The number of esters is 5. The fourth-order valence-corrected chi connectivity index (χ4v) is 11.1. The largest absolute Gasteiger partial charge is 0.466 e. The number of alkyl carbamates (subject to hydrolysis) is 1. The molecule has 0 aromatic carbocycles. The molecule has 398 valence electrons. The van der Waals surface area contributed by atoms with Crippen LogP contribution >= 0.6 is 0 Å². The number of nitrogens with one attached hydrogen (secondary N) is 1. The fourth-order valence-electron chi connectivity index (χ4n) is 11.1. The van der Waals surface area contributed by atoms with Gasteiger partial charge in [0, 0.05) is 38.8 Å². The molecule has 4 saturated carbocycles. The number of hydrogen-bond donors (Lipinski definition) is 1. The van der Waals surface area contributed by atoms with Crippen LogP contribution in [0.1, 0.15) is 200 Å². The molecule has 1 aliphatic heterocycles. The third kappa shape index (κ3) is 24.9. The number of nitrogens with zero attached hydrogens (tertiary/aromatic N) is 1. The Kier molecular flexibility index (Phi) is 28.8. The Labute approximate surface area is 420 Å². The van der Waals surface area contributed by atoms with Crippen molar-refractivity contribution in [3.05, 3.63) is 24.3 Å². The number of carbonyl (C=O) groups is 6. The summed E-state index contributed by atoms with van der Waals surface area (Å²) in [5, 5.41) is 2.82. The molecule has 5 aliphatic rings. The summed E-state index contributed by atoms with van der Waals surface area (Å²) in [5.74, 6) is 0.312. The maximum absolute atomic E-state index is 13.8. The number of amides is 1. The first-order chi connectivity index (χ1) is 34.0. The molecular formula is C56H92N2O12. The van der Waals surface area contributed by atoms with Gasteiger partial charge in [-0.05, 0) is 165 Å². The predicted molar refractivity (Wildman–Crippen MR) is 269 cm³/mol. The quantitative estimate of drug-likeness (QED) is 0.0267. The Balaban J connectivity index is 1.28. The highest BCUT2D eigenvalue weighted by atomic mass is 16.6. The zero-order chi connectivity index (χ0) is 50.1. The standard InChI is InChI=1S/C56H92N2O12/c1-3-5-7-9-15-23-33-65-49(59)25-17-11-13-19-27-51(61)67-42-56(45-70-54(64)57-29-32-58-30-21-22-31-58,44-69-53(63)41-55-38-46-35-47(39-55)37-48(36-46)40-55)43-68-52(62)28-20-14-12-18-26-50(60)66-34-24-16-10-8-6-4-2/h5-8,46-48H,3-4,9-45H2,1-2H3,(H,57,64)/b7-5-,8-6-. The molecule has 0 aromatic rings. The zero-order valence-electron chi connectivity index (χ0n) is 43.5. The smallest absolute Gasteiger partial charge is 0.407 e. The second-order valence-corrected chi connectivity index (χ2v) is 21.1. The van der Waals surface area contributed by atoms with Crippen molar-refractivity contribution in [3.8, 4) is 0 Å². The summed E-state index contributed by atoms with van der Waals surface area (Å²) in [6.45, 7) is 6.97. The van der Waals surface area contributed by atoms with Crippen LogP contribution in [0.15, 0.2) is 24.3 Å². The van der Waals surface area contributed by atoms with Crippen LogP contribution in [0, 0.1) is 28.6 Å². The Bertz CT molecular complexity index is 1510. The van der Waals surface area contributed by atoms with Crippen molar-refractivity contribution in [3.63, 3.8) is 0 Å². The van der Waals surface area contributed by atoms with E-state index in [1.165, 1.54) is 19.3 Å². The van der Waals surface area contributed by atoms with Gasteiger partial charge in [-0.2, -0.15) is 0 Å². The third-order valence-corrected chi connectivity index (χ3v) is 14.6. The van der Waals surface area contributed by atoms with E-state index in [9.17, 15) is 28.8 Å². The number of likely N-dealkylation sites (tertiary alicyclic amines) is 1. The van der Waals surface area contributed by atoms with Gasteiger partial charge in [-0.3, -0.25) is 24.0 Å². The van der Waals surface area contributed by atoms with Crippen molar-refractivity contribution < 1.29 is 57.2 Å². The lowest BCUT2D eigenvalue weighted by Gasteiger charge is -2.56. The molecule has 70 heavy (non-hydrogen) atoms. The van der Waals surface area contributed by atoms with Crippen LogP contribution in [-0.2, 0) is 52.4 Å². The molecule has 1 saturated heterocycles. The number of rotatable bonds is 39. The van der Waals surface area contributed by atoms with E-state index in [4.69, 9.17) is 28.4 Å². The highest BCUT2D eigenvalue weighted by Gasteiger charge is 2.52. The molecule has 1 heterocycles. The van der Waals surface area contributed by atoms with Gasteiger partial charge in [0.1, 0.15) is 31.8 Å². The van der Waals surface area contributed by atoms with Crippen molar-refractivity contribution >= 4 is 35.9 Å². The second-order valence-electron chi connectivity index (χ2n) is 21.1. The second kappa shape index (κ2) is 34.4. The Morgan fingerprint density at radius 2 is 0.929 bits per heavy atom. The average Bonchev–Trinajstić information content (AvgIpc) is 3.86. The molecule has 0 unspecified atom stereocenters. The van der Waals surface area contributed by atoms with E-state index in [1.807, 2.05) is 0 Å². The number of allylic oxidation sites excluding steroid dienone is 4. The van der Waals surface area contributed by atoms with Gasteiger partial charge in [-0.25, -0.2) is 4.79 Å². The van der Waals surface area contributed by atoms with Crippen molar-refractivity contribution in [2.24, 2.45) is 28.6 Å². The van der Waals surface area contributed by atoms with Gasteiger partial charge in [0.2, 0.25) is 0 Å². The van der Waals surface area contributed by atoms with E-state index < -0.39 is 23.4 Å². The van der Waals surface area contributed by atoms with Crippen LogP contribution in [0.4, 0.5) is 4.79 Å². The summed E-state index contributed by atoms with van der Waals surface area (Å²) < 4.78 is 34.3. The highest BCUT2D eigenvalue weighted by molar-refractivity contribution is 5.72. The number of ether oxygens (including phenoxy) is 6. The first kappa shape index (κ1) is 58.6. The maximum Gasteiger partial charge on any atom is 0.407 e. The normalized spacial score (nSPS) is 20.7. The Hall–Kier alpha value is -3.94. The monoisotopic (exact) mass is 985 g/mol. The van der Waals surface area contributed by atoms with Gasteiger partial charge < -0.3 is 38.6 Å². The number of hydrogen-bond acceptors (Lipinski definition) is 13. The SMILES string of the molecule is CC/C=C\CCCCOC(=O)CCCCCCC(=O)OCC(COC(=O)CCCCCCC(=O)OCCCC/C=C\CC)(COC(=O)CC12CC3CC(CC(C3)C1)C2)COC(=O)NCCN1CCCC1. The summed E-state index contributed by atoms with van der Waals surface area (Å²) in [4.78, 5) is 80.1. The molecule has 14 heteroatoms. The first-order valence-electron chi connectivity index (χ1n) is 27.7. The third-order valence-electron chi connectivity index (χ3n) is 14.6. The van der Waals surface area contributed by atoms with Crippen LogP contribution in [0.25, 0.3) is 0 Å². The molecule has 0 spiro atoms. The fraction of sp³-hybridized carbons (Fsp3) is 0.821. The van der Waals surface area contributed by atoms with Crippen LogP contribution in [-0.4, -0.2) is 107 Å². The van der Waals surface area contributed by atoms with Gasteiger partial charge in [-0.1, -0.05) is 63.8 Å². The van der Waals surface area contributed by atoms with Gasteiger partial charge >= 0.3 is 35.9 Å². The molecule has 14 nitrogen and oxygen atoms in total. The van der Waals surface area contributed by atoms with Crippen molar-refractivity contribution in [1.82, 2.24) is 10.2 Å². The molecule has 5 fully saturated rings. The topological polar surface area (TPSA) is 173 Å². The number of unbranched alkanes of at least 4 members (excludes halogenated alkanes) is 10. The lowest BCUT2D eigenvalue weighted by Crippen LogP contribution is -2.48. The minimum absolute atomic E-state index is 0.0586. The average molecular weight is 985 g/mol. The molecule has 1 amide bonds. The van der Waals surface area contributed by atoms with Crippen LogP contribution in [0.3, 0.4) is 0 Å². The van der Waals surface area contributed by atoms with Crippen molar-refractivity contribution in [1.29, 1.82) is 0 Å². The lowest BCUT2D eigenvalue weighted by molar-refractivity contribution is -0.168. The van der Waals surface area contributed by atoms with Gasteiger partial charge in [0.25, 0.3) is 0 Å². The molecular weight excluding hydrogens is 893 g/mol. The van der Waals surface area contributed by atoms with E-state index >= 15 is 0 Å². The summed E-state index contributed by atoms with van der Waals surface area (Å²) in [6, 6.07) is 0. The highest BCUT2D eigenvalue weighted by Crippen LogP contribution is 2.61. The van der Waals surface area contributed by atoms with Crippen molar-refractivity contribution in [2.45, 2.75) is 200 Å². The van der Waals surface area contributed by atoms with E-state index in [0.717, 1.165) is 122 Å². The van der Waals surface area contributed by atoms with Crippen LogP contribution in [0.2, 0.25) is 0 Å². The lowest BCUT2D eigenvalue weighted by atomic mass is 9.49. The van der Waals surface area contributed by atoms with E-state index in [2.05, 4.69) is 48.4 Å². The summed E-state index contributed by atoms with van der Waals surface area (Å²) in [6.07, 6.45) is 31.4. The molecule has 0 aromatic heterocycles. The molecule has 5 rings (SSSR count). The van der Waals surface area contributed by atoms with Crippen LogP contribution < -0.4 is 5.32 Å². The molecule has 0 radical (unpaired) electrons. The Morgan fingerprint density at radius 3 is 1.37 bits per heavy atom. The minimum Gasteiger partial charge on any atom is -0.466 e. The maximum atomic E-state index is 13.8. The number of carbonyl (C=O) groups excluding carboxylic acids is 6. The summed E-state index contributed by atoms with van der Waals surface area (Å²) in [5.41, 5.74) is -1.41. The Morgan fingerprint density at radius 1 is 0.514 bits per heavy atom. The van der Waals surface area contributed by atoms with E-state index in [1.54, 1.807) is 0 Å². The predicted octanol–water partition coefficient (Wildman–Crippen LogP) is 11.1. The van der Waals surface area contributed by atoms with Gasteiger partial charge in [0.05, 0.1) is 19.6 Å². The minimum atomic E-state index is -1.35. The van der Waals surface area contributed by atoms with Gasteiger partial charge in [0.15, 0.2) is 0 Å². The molecule has 4 bridgehead atoms. The summed E-state index contributed by atoms with van der Waals surface area (Å²) in [7, 11) is 0. The van der Waals surface area contributed by atoms with E-state index in [0.29, 0.717) is 89.0 Å². The zero-order valence-corrected chi connectivity index (χ0v) is 43.5. The summed E-state index contributed by atoms with van der Waals surface area (Å²) >= 11 is 0. The molecule has 1 N–H and O–H groups in total. The molecule has 4 aliphatic carbocycles. The van der Waals surface area contributed by atoms with Gasteiger partial charge in [-0.15, -0.1) is 0 Å². The van der Waals surface area contributed by atoms with Crippen LogP contribution in [0.5, 0.6) is 0 Å². The molecule has 0 atom stereocenters. The van der Waals surface area contributed by atoms with E-state index in [-0.39, 0.29) is 62.6 Å².